The Morgan fingerprint density at radius 1 is 1.10 bits per heavy atom. The van der Waals surface area contributed by atoms with Crippen LogP contribution in [0.25, 0.3) is 0 Å². The molecule has 0 aromatic heterocycles. The maximum atomic E-state index is 7.03. The minimum Gasteiger partial charge on any atom is -0.377 e. The van der Waals surface area contributed by atoms with E-state index in [2.05, 4.69) is 18.7 Å². The molecule has 120 valence electrons. The average Bonchev–Trinajstić information content (AvgIpc) is 2.97. The van der Waals surface area contributed by atoms with Gasteiger partial charge in [-0.1, -0.05) is 20.3 Å². The molecule has 0 bridgehead atoms. The highest BCUT2D eigenvalue weighted by Crippen LogP contribution is 2.58. The van der Waals surface area contributed by atoms with Crippen molar-refractivity contribution in [1.29, 1.82) is 0 Å². The third-order valence-corrected chi connectivity index (χ3v) is 7.47. The van der Waals surface area contributed by atoms with E-state index in [0.717, 1.165) is 25.1 Å². The molecule has 4 aliphatic rings. The monoisotopic (exact) mass is 292 g/mol. The number of likely N-dealkylation sites (tertiary alicyclic amines) is 1. The molecular weight excluding hydrogens is 260 g/mol. The van der Waals surface area contributed by atoms with E-state index in [-0.39, 0.29) is 11.0 Å². The van der Waals surface area contributed by atoms with Crippen molar-refractivity contribution in [2.45, 2.75) is 76.5 Å². The van der Waals surface area contributed by atoms with Gasteiger partial charge in [-0.3, -0.25) is 4.90 Å². The van der Waals surface area contributed by atoms with Crippen LogP contribution in [-0.4, -0.2) is 42.3 Å². The summed E-state index contributed by atoms with van der Waals surface area (Å²) < 4.78 is 6.06. The second-order valence-electron chi connectivity index (χ2n) is 8.67. The lowest BCUT2D eigenvalue weighted by Gasteiger charge is -2.68. The summed E-state index contributed by atoms with van der Waals surface area (Å²) in [6.45, 7) is 8.00. The summed E-state index contributed by atoms with van der Waals surface area (Å²) in [5, 5.41) is 0. The molecule has 21 heavy (non-hydrogen) atoms. The molecule has 0 amide bonds. The van der Waals surface area contributed by atoms with Crippen molar-refractivity contribution >= 4 is 0 Å². The van der Waals surface area contributed by atoms with Crippen LogP contribution in [0.4, 0.5) is 0 Å². The topological polar surface area (TPSA) is 38.5 Å². The average molecular weight is 292 g/mol. The first-order valence-electron chi connectivity index (χ1n) is 9.18. The van der Waals surface area contributed by atoms with Gasteiger partial charge in [0.2, 0.25) is 0 Å². The first kappa shape index (κ1) is 14.5. The second kappa shape index (κ2) is 4.94. The predicted octanol–water partition coefficient (Wildman–Crippen LogP) is 2.78. The molecule has 0 aromatic carbocycles. The van der Waals surface area contributed by atoms with E-state index in [4.69, 9.17) is 10.5 Å². The molecule has 4 fully saturated rings. The van der Waals surface area contributed by atoms with Gasteiger partial charge in [0.1, 0.15) is 0 Å². The standard InChI is InChI=1S/C18H32N2O/c1-17(2)16-14(8-5-11-21-16)18(17,19)12-20-10-4-7-13-6-3-9-15(13)20/h13-16H,3-12,19H2,1-2H3. The van der Waals surface area contributed by atoms with E-state index < -0.39 is 0 Å². The number of hydrogen-bond acceptors (Lipinski definition) is 3. The van der Waals surface area contributed by atoms with E-state index in [9.17, 15) is 0 Å². The van der Waals surface area contributed by atoms with Crippen LogP contribution in [-0.2, 0) is 4.74 Å². The van der Waals surface area contributed by atoms with Crippen LogP contribution in [0.3, 0.4) is 0 Å². The smallest absolute Gasteiger partial charge is 0.0690 e. The van der Waals surface area contributed by atoms with Crippen LogP contribution in [0.15, 0.2) is 0 Å². The van der Waals surface area contributed by atoms with Crippen molar-refractivity contribution in [2.75, 3.05) is 19.7 Å². The minimum atomic E-state index is -0.0391. The Morgan fingerprint density at radius 3 is 2.76 bits per heavy atom. The van der Waals surface area contributed by atoms with Gasteiger partial charge >= 0.3 is 0 Å². The SMILES string of the molecule is CC1(C)C2OCCCC2C1(N)CN1CCCC2CCCC21. The fourth-order valence-electron chi connectivity index (χ4n) is 6.08. The summed E-state index contributed by atoms with van der Waals surface area (Å²) in [4.78, 5) is 2.77. The van der Waals surface area contributed by atoms with Crippen LogP contribution in [0.2, 0.25) is 0 Å². The number of piperidine rings is 1. The summed E-state index contributed by atoms with van der Waals surface area (Å²) in [7, 11) is 0. The zero-order valence-corrected chi connectivity index (χ0v) is 13.8. The molecule has 0 spiro atoms. The summed E-state index contributed by atoms with van der Waals surface area (Å²) >= 11 is 0. The van der Waals surface area contributed by atoms with Crippen molar-refractivity contribution in [3.8, 4) is 0 Å². The van der Waals surface area contributed by atoms with Crippen molar-refractivity contribution in [2.24, 2.45) is 23.0 Å². The molecule has 5 unspecified atom stereocenters. The Bertz CT molecular complexity index is 410. The molecule has 4 rings (SSSR count). The summed E-state index contributed by atoms with van der Waals surface area (Å²) in [5.74, 6) is 1.55. The van der Waals surface area contributed by atoms with Crippen molar-refractivity contribution in [1.82, 2.24) is 4.90 Å². The normalized spacial score (nSPS) is 49.3. The molecule has 2 aliphatic heterocycles. The predicted molar refractivity (Wildman–Crippen MR) is 85.1 cm³/mol. The van der Waals surface area contributed by atoms with Gasteiger partial charge in [0.05, 0.1) is 6.10 Å². The van der Waals surface area contributed by atoms with E-state index in [1.807, 2.05) is 0 Å². The first-order chi connectivity index (χ1) is 10.0. The third kappa shape index (κ3) is 1.96. The van der Waals surface area contributed by atoms with E-state index >= 15 is 0 Å². The van der Waals surface area contributed by atoms with E-state index in [0.29, 0.717) is 12.0 Å². The molecule has 0 radical (unpaired) electrons. The molecule has 0 aromatic rings. The van der Waals surface area contributed by atoms with Crippen molar-refractivity contribution in [3.05, 3.63) is 0 Å². The summed E-state index contributed by atoms with van der Waals surface area (Å²) in [5.41, 5.74) is 7.12. The zero-order chi connectivity index (χ0) is 14.7. The highest BCUT2D eigenvalue weighted by Gasteiger charge is 2.66. The van der Waals surface area contributed by atoms with Gasteiger partial charge in [0.15, 0.2) is 0 Å². The number of fused-ring (bicyclic) bond motifs is 2. The van der Waals surface area contributed by atoms with E-state index in [1.54, 1.807) is 0 Å². The van der Waals surface area contributed by atoms with Gasteiger partial charge < -0.3 is 10.5 Å². The number of hydrogen-bond donors (Lipinski definition) is 1. The lowest BCUT2D eigenvalue weighted by atomic mass is 9.46. The fraction of sp³-hybridized carbons (Fsp3) is 1.00. The Labute approximate surface area is 129 Å². The highest BCUT2D eigenvalue weighted by atomic mass is 16.5. The Hall–Kier alpha value is -0.120. The zero-order valence-electron chi connectivity index (χ0n) is 13.8. The molecule has 2 heterocycles. The molecule has 2 aliphatic carbocycles. The van der Waals surface area contributed by atoms with Crippen LogP contribution < -0.4 is 5.73 Å². The largest absolute Gasteiger partial charge is 0.377 e. The van der Waals surface area contributed by atoms with Gasteiger partial charge in [0.25, 0.3) is 0 Å². The van der Waals surface area contributed by atoms with E-state index in [1.165, 1.54) is 51.5 Å². The number of nitrogens with zero attached hydrogens (tertiary/aromatic N) is 1. The van der Waals surface area contributed by atoms with Gasteiger partial charge in [-0.25, -0.2) is 0 Å². The van der Waals surface area contributed by atoms with Gasteiger partial charge in [-0.2, -0.15) is 0 Å². The number of rotatable bonds is 2. The molecule has 2 saturated carbocycles. The van der Waals surface area contributed by atoms with Crippen LogP contribution in [0.1, 0.15) is 58.8 Å². The molecule has 5 atom stereocenters. The summed E-state index contributed by atoms with van der Waals surface area (Å²) in [6.07, 6.45) is 10.00. The summed E-state index contributed by atoms with van der Waals surface area (Å²) in [6, 6.07) is 0.832. The second-order valence-corrected chi connectivity index (χ2v) is 8.67. The quantitative estimate of drug-likeness (QED) is 0.850. The minimum absolute atomic E-state index is 0.0391. The molecule has 3 heteroatoms. The Balaban J connectivity index is 1.52. The van der Waals surface area contributed by atoms with Crippen molar-refractivity contribution in [3.63, 3.8) is 0 Å². The fourth-order valence-corrected chi connectivity index (χ4v) is 6.08. The molecular formula is C18H32N2O. The van der Waals surface area contributed by atoms with Crippen molar-refractivity contribution < 1.29 is 4.74 Å². The third-order valence-electron chi connectivity index (χ3n) is 7.47. The van der Waals surface area contributed by atoms with Gasteiger partial charge in [0, 0.05) is 36.1 Å². The Kier molecular flexibility index (Phi) is 3.40. The maximum Gasteiger partial charge on any atom is 0.0690 e. The highest BCUT2D eigenvalue weighted by molar-refractivity contribution is 5.21. The van der Waals surface area contributed by atoms with Gasteiger partial charge in [-0.05, 0) is 51.0 Å². The lowest BCUT2D eigenvalue weighted by Crippen LogP contribution is -2.81. The Morgan fingerprint density at radius 2 is 1.90 bits per heavy atom. The van der Waals surface area contributed by atoms with Gasteiger partial charge in [-0.15, -0.1) is 0 Å². The maximum absolute atomic E-state index is 7.03. The van der Waals surface area contributed by atoms with Crippen LogP contribution in [0, 0.1) is 17.3 Å². The van der Waals surface area contributed by atoms with Crippen LogP contribution in [0.5, 0.6) is 0 Å². The number of nitrogens with two attached hydrogens (primary N) is 1. The molecule has 2 saturated heterocycles. The number of ether oxygens (including phenoxy) is 1. The van der Waals surface area contributed by atoms with Crippen LogP contribution >= 0.6 is 0 Å². The first-order valence-corrected chi connectivity index (χ1v) is 9.18. The molecule has 3 nitrogen and oxygen atoms in total. The lowest BCUT2D eigenvalue weighted by molar-refractivity contribution is -0.234. The molecule has 2 N–H and O–H groups in total.